The molecule has 11 heteroatoms. The van der Waals surface area contributed by atoms with E-state index in [4.69, 9.17) is 4.74 Å². The standard InChI is InChI=1S/C29H28F3N5O3/c1-16-5-6-20(35-27(38)17-3-2-4-19(9-17)29(30,31)32)10-25(16)37-13-18(11-34-37)21-12-33-8-7-24(21)36-28(39)26-22-14-40-15-23(22)26/h2-12,18,21-24,26H,13-15H2,1H3,(H,35,38)(H,36,39). The lowest BCUT2D eigenvalue weighted by Crippen LogP contribution is -2.45. The van der Waals surface area contributed by atoms with Crippen LogP contribution in [-0.4, -0.2) is 50.0 Å². The molecule has 1 saturated carbocycles. The second-order valence-electron chi connectivity index (χ2n) is 10.7. The summed E-state index contributed by atoms with van der Waals surface area (Å²) in [7, 11) is 0. The molecule has 0 spiro atoms. The topological polar surface area (TPSA) is 95.4 Å². The van der Waals surface area contributed by atoms with Gasteiger partial charge in [-0.15, -0.1) is 0 Å². The van der Waals surface area contributed by atoms with Crippen LogP contribution in [0.5, 0.6) is 0 Å². The van der Waals surface area contributed by atoms with Gasteiger partial charge in [0.15, 0.2) is 0 Å². The highest BCUT2D eigenvalue weighted by Gasteiger charge is 2.58. The van der Waals surface area contributed by atoms with E-state index < -0.39 is 17.6 Å². The fourth-order valence-electron chi connectivity index (χ4n) is 5.77. The Morgan fingerprint density at radius 2 is 1.88 bits per heavy atom. The van der Waals surface area contributed by atoms with E-state index in [1.54, 1.807) is 18.3 Å². The number of nitrogens with one attached hydrogen (secondary N) is 2. The monoisotopic (exact) mass is 551 g/mol. The maximum absolute atomic E-state index is 13.1. The molecule has 2 fully saturated rings. The van der Waals surface area contributed by atoms with Crippen LogP contribution in [0.3, 0.4) is 0 Å². The molecule has 2 aromatic carbocycles. The first kappa shape index (κ1) is 26.2. The number of anilines is 2. The van der Waals surface area contributed by atoms with Gasteiger partial charge >= 0.3 is 6.18 Å². The second kappa shape index (κ2) is 10.2. The van der Waals surface area contributed by atoms with Crippen molar-refractivity contribution >= 4 is 35.6 Å². The smallest absolute Gasteiger partial charge is 0.381 e. The average Bonchev–Trinajstić information content (AvgIpc) is 3.24. The summed E-state index contributed by atoms with van der Waals surface area (Å²) >= 11 is 0. The van der Waals surface area contributed by atoms with Crippen molar-refractivity contribution in [3.05, 3.63) is 71.4 Å². The molecule has 3 aliphatic heterocycles. The molecule has 2 aromatic rings. The van der Waals surface area contributed by atoms with Crippen LogP contribution < -0.4 is 15.6 Å². The van der Waals surface area contributed by atoms with Crippen LogP contribution >= 0.6 is 0 Å². The molecule has 2 N–H and O–H groups in total. The Hall–Kier alpha value is -3.99. The summed E-state index contributed by atoms with van der Waals surface area (Å²) in [5, 5.41) is 12.3. The molecule has 1 aliphatic carbocycles. The number of amides is 2. The van der Waals surface area contributed by atoms with E-state index in [1.165, 1.54) is 12.1 Å². The van der Waals surface area contributed by atoms with E-state index in [0.29, 0.717) is 37.3 Å². The highest BCUT2D eigenvalue weighted by atomic mass is 19.4. The zero-order valence-corrected chi connectivity index (χ0v) is 21.6. The third-order valence-electron chi connectivity index (χ3n) is 8.09. The fourth-order valence-corrected chi connectivity index (χ4v) is 5.77. The van der Waals surface area contributed by atoms with Crippen molar-refractivity contribution in [2.75, 3.05) is 30.1 Å². The Morgan fingerprint density at radius 1 is 1.07 bits per heavy atom. The molecule has 0 radical (unpaired) electrons. The number of alkyl halides is 3. The summed E-state index contributed by atoms with van der Waals surface area (Å²) < 4.78 is 44.6. The van der Waals surface area contributed by atoms with Crippen molar-refractivity contribution in [1.82, 2.24) is 5.32 Å². The second-order valence-corrected chi connectivity index (χ2v) is 10.7. The van der Waals surface area contributed by atoms with Gasteiger partial charge in [0.05, 0.1) is 37.1 Å². The number of hydrogen-bond acceptors (Lipinski definition) is 6. The third kappa shape index (κ3) is 5.13. The number of halogens is 3. The van der Waals surface area contributed by atoms with Crippen LogP contribution in [0.15, 0.2) is 64.8 Å². The number of carbonyl (C=O) groups excluding carboxylic acids is 2. The minimum absolute atomic E-state index is 0.0203. The molecule has 0 aromatic heterocycles. The summed E-state index contributed by atoms with van der Waals surface area (Å²) in [6.45, 7) is 3.75. The molecule has 1 saturated heterocycles. The lowest BCUT2D eigenvalue weighted by Gasteiger charge is -2.29. The van der Waals surface area contributed by atoms with Gasteiger partial charge in [-0.3, -0.25) is 19.6 Å². The Balaban J connectivity index is 1.12. The summed E-state index contributed by atoms with van der Waals surface area (Å²) in [5.74, 6) is -0.0172. The zero-order valence-electron chi connectivity index (χ0n) is 21.6. The number of carbonyl (C=O) groups is 2. The Labute approximate surface area is 229 Å². The average molecular weight is 552 g/mol. The van der Waals surface area contributed by atoms with Crippen molar-refractivity contribution in [2.24, 2.45) is 39.7 Å². The quantitative estimate of drug-likeness (QED) is 0.561. The largest absolute Gasteiger partial charge is 0.416 e. The van der Waals surface area contributed by atoms with Crippen molar-refractivity contribution in [2.45, 2.75) is 19.1 Å². The van der Waals surface area contributed by atoms with Crippen LogP contribution in [0, 0.1) is 36.5 Å². The first-order valence-electron chi connectivity index (χ1n) is 13.2. The van der Waals surface area contributed by atoms with Crippen LogP contribution in [0.25, 0.3) is 0 Å². The van der Waals surface area contributed by atoms with Crippen molar-refractivity contribution in [3.63, 3.8) is 0 Å². The van der Waals surface area contributed by atoms with Gasteiger partial charge in [-0.2, -0.15) is 18.3 Å². The van der Waals surface area contributed by atoms with Gasteiger partial charge in [-0.05, 0) is 60.7 Å². The molecular formula is C29H28F3N5O3. The van der Waals surface area contributed by atoms with Gasteiger partial charge in [0.1, 0.15) is 0 Å². The number of benzene rings is 2. The minimum atomic E-state index is -4.54. The molecule has 5 unspecified atom stereocenters. The minimum Gasteiger partial charge on any atom is -0.381 e. The van der Waals surface area contributed by atoms with Crippen molar-refractivity contribution in [1.29, 1.82) is 0 Å². The van der Waals surface area contributed by atoms with E-state index in [9.17, 15) is 22.8 Å². The molecule has 2 amide bonds. The summed E-state index contributed by atoms with van der Waals surface area (Å²) in [6, 6.07) is 9.38. The lowest BCUT2D eigenvalue weighted by atomic mass is 9.86. The summed E-state index contributed by atoms with van der Waals surface area (Å²) in [6.07, 6.45) is 2.76. The van der Waals surface area contributed by atoms with Crippen LogP contribution in [-0.2, 0) is 15.7 Å². The van der Waals surface area contributed by atoms with Crippen molar-refractivity contribution in [3.8, 4) is 0 Å². The predicted molar refractivity (Wildman–Crippen MR) is 144 cm³/mol. The van der Waals surface area contributed by atoms with Gasteiger partial charge in [0, 0.05) is 47.6 Å². The number of aliphatic imine (C=N–C) groups is 1. The first-order valence-corrected chi connectivity index (χ1v) is 13.2. The van der Waals surface area contributed by atoms with E-state index >= 15 is 0 Å². The molecule has 3 heterocycles. The molecule has 0 bridgehead atoms. The van der Waals surface area contributed by atoms with Gasteiger partial charge in [0.2, 0.25) is 5.91 Å². The molecule has 4 aliphatic rings. The highest BCUT2D eigenvalue weighted by molar-refractivity contribution is 6.04. The molecule has 208 valence electrons. The highest BCUT2D eigenvalue weighted by Crippen LogP contribution is 2.50. The van der Waals surface area contributed by atoms with E-state index in [0.717, 1.165) is 23.4 Å². The fraction of sp³-hybridized carbons (Fsp3) is 0.379. The number of nitrogens with zero attached hydrogens (tertiary/aromatic N) is 3. The van der Waals surface area contributed by atoms with Crippen LogP contribution in [0.4, 0.5) is 24.5 Å². The van der Waals surface area contributed by atoms with E-state index in [2.05, 4.69) is 20.7 Å². The SMILES string of the molecule is Cc1ccc(NC(=O)c2cccc(C(F)(F)F)c2)cc1N1CC(C2C=NC=CC2NC(=O)C2C3COCC32)C=N1. The van der Waals surface area contributed by atoms with E-state index in [-0.39, 0.29) is 35.3 Å². The molecular weight excluding hydrogens is 523 g/mol. The summed E-state index contributed by atoms with van der Waals surface area (Å²) in [5.41, 5.74) is 1.14. The Kier molecular flexibility index (Phi) is 6.69. The van der Waals surface area contributed by atoms with Gasteiger partial charge in [0.25, 0.3) is 5.91 Å². The molecule has 5 atom stereocenters. The Morgan fingerprint density at radius 3 is 2.65 bits per heavy atom. The zero-order chi connectivity index (χ0) is 28.0. The number of rotatable bonds is 6. The lowest BCUT2D eigenvalue weighted by molar-refractivity contribution is -0.137. The number of ether oxygens (including phenoxy) is 1. The van der Waals surface area contributed by atoms with Crippen LogP contribution in [0.2, 0.25) is 0 Å². The molecule has 6 rings (SSSR count). The number of hydrazone groups is 1. The van der Waals surface area contributed by atoms with Gasteiger partial charge in [-0.1, -0.05) is 12.1 Å². The normalized spacial score (nSPS) is 28.4. The first-order chi connectivity index (χ1) is 19.2. The van der Waals surface area contributed by atoms with Gasteiger partial charge in [-0.25, -0.2) is 0 Å². The molecule has 8 nitrogen and oxygen atoms in total. The van der Waals surface area contributed by atoms with Gasteiger partial charge < -0.3 is 15.4 Å². The van der Waals surface area contributed by atoms with Crippen LogP contribution in [0.1, 0.15) is 21.5 Å². The number of aryl methyl sites for hydroxylation is 1. The molecule has 40 heavy (non-hydrogen) atoms. The van der Waals surface area contributed by atoms with Crippen molar-refractivity contribution < 1.29 is 27.5 Å². The number of fused-ring (bicyclic) bond motifs is 1. The predicted octanol–water partition coefficient (Wildman–Crippen LogP) is 4.28. The summed E-state index contributed by atoms with van der Waals surface area (Å²) in [4.78, 5) is 29.9. The van der Waals surface area contributed by atoms with E-state index in [1.807, 2.05) is 36.5 Å². The third-order valence-corrected chi connectivity index (χ3v) is 8.09. The number of hydrogen-bond donors (Lipinski definition) is 2. The Bertz CT molecular complexity index is 1410. The maximum atomic E-state index is 13.1. The maximum Gasteiger partial charge on any atom is 0.416 e.